The van der Waals surface area contributed by atoms with E-state index in [1.807, 2.05) is 0 Å². The molecule has 0 radical (unpaired) electrons. The highest BCUT2D eigenvalue weighted by Crippen LogP contribution is 2.40. The van der Waals surface area contributed by atoms with Crippen LogP contribution in [0.1, 0.15) is 28.9 Å². The highest BCUT2D eigenvalue weighted by atomic mass is 28.3. The predicted molar refractivity (Wildman–Crippen MR) is 95.2 cm³/mol. The number of alkyl halides is 3. The predicted octanol–water partition coefficient (Wildman–Crippen LogP) is 4.19. The van der Waals surface area contributed by atoms with Gasteiger partial charge in [-0.05, 0) is 18.9 Å². The number of hydrogen-bond acceptors (Lipinski definition) is 3. The molecule has 0 unspecified atom stereocenters. The summed E-state index contributed by atoms with van der Waals surface area (Å²) in [5, 5.41) is 2.82. The van der Waals surface area contributed by atoms with Gasteiger partial charge in [-0.1, -0.05) is 25.2 Å². The molecular weight excluding hydrogens is 363 g/mol. The number of methoxy groups -OCH3 is 1. The second-order valence-electron chi connectivity index (χ2n) is 7.56. The standard InChI is InChI=1S/C17H22F3N3O2Si/c1-25-16-14(17(18,19)20)11-8-12(23-13(11)9-21-16)15(24)22-10-4-6-26(2,3)7-5-10/h8-10,23H,4-7H2,1-3H3,(H,22,24). The topological polar surface area (TPSA) is 67.0 Å². The smallest absolute Gasteiger partial charge is 0.422 e. The lowest BCUT2D eigenvalue weighted by Gasteiger charge is -2.33. The highest BCUT2D eigenvalue weighted by Gasteiger charge is 2.38. The average Bonchev–Trinajstić information content (AvgIpc) is 2.98. The molecule has 142 valence electrons. The van der Waals surface area contributed by atoms with E-state index in [0.717, 1.165) is 32.0 Å². The fourth-order valence-corrected chi connectivity index (χ4v) is 5.95. The van der Waals surface area contributed by atoms with E-state index >= 15 is 0 Å². The molecule has 1 amide bonds. The summed E-state index contributed by atoms with van der Waals surface area (Å²) in [5.74, 6) is -0.893. The number of halogens is 3. The lowest BCUT2D eigenvalue weighted by atomic mass is 10.1. The van der Waals surface area contributed by atoms with Crippen molar-refractivity contribution in [3.63, 3.8) is 0 Å². The van der Waals surface area contributed by atoms with E-state index in [4.69, 9.17) is 4.74 Å². The molecule has 1 aliphatic rings. The minimum Gasteiger partial charge on any atom is -0.481 e. The first kappa shape index (κ1) is 18.7. The Bertz CT molecular complexity index is 823. The quantitative estimate of drug-likeness (QED) is 0.779. The number of ether oxygens (including phenoxy) is 1. The van der Waals surface area contributed by atoms with E-state index in [0.29, 0.717) is 0 Å². The number of carbonyl (C=O) groups excluding carboxylic acids is 1. The minimum absolute atomic E-state index is 0.0733. The molecule has 0 saturated carbocycles. The van der Waals surface area contributed by atoms with Gasteiger partial charge in [0.05, 0.1) is 18.8 Å². The fraction of sp³-hybridized carbons (Fsp3) is 0.529. The van der Waals surface area contributed by atoms with Crippen LogP contribution in [-0.4, -0.2) is 37.1 Å². The molecule has 1 aliphatic heterocycles. The molecule has 1 saturated heterocycles. The maximum atomic E-state index is 13.4. The molecule has 9 heteroatoms. The number of hydrogen-bond donors (Lipinski definition) is 2. The van der Waals surface area contributed by atoms with E-state index in [-0.39, 0.29) is 28.5 Å². The third-order valence-electron chi connectivity index (χ3n) is 5.04. The maximum Gasteiger partial charge on any atom is 0.422 e. The molecule has 0 bridgehead atoms. The summed E-state index contributed by atoms with van der Waals surface area (Å²) in [6.07, 6.45) is -1.54. The van der Waals surface area contributed by atoms with Gasteiger partial charge in [-0.2, -0.15) is 13.2 Å². The third kappa shape index (κ3) is 3.72. The average molecular weight is 385 g/mol. The Morgan fingerprint density at radius 2 is 2.00 bits per heavy atom. The summed E-state index contributed by atoms with van der Waals surface area (Å²) >= 11 is 0. The molecule has 2 N–H and O–H groups in total. The van der Waals surface area contributed by atoms with Crippen molar-refractivity contribution >= 4 is 24.9 Å². The molecule has 0 atom stereocenters. The van der Waals surface area contributed by atoms with Crippen LogP contribution in [0.3, 0.4) is 0 Å². The van der Waals surface area contributed by atoms with Crippen LogP contribution in [-0.2, 0) is 6.18 Å². The number of carbonyl (C=O) groups is 1. The van der Waals surface area contributed by atoms with Gasteiger partial charge in [-0.3, -0.25) is 4.79 Å². The third-order valence-corrected chi connectivity index (χ3v) is 8.32. The number of amides is 1. The number of rotatable bonds is 3. The van der Waals surface area contributed by atoms with Gasteiger partial charge in [0.25, 0.3) is 5.91 Å². The zero-order valence-electron chi connectivity index (χ0n) is 15.0. The Hall–Kier alpha value is -2.03. The lowest BCUT2D eigenvalue weighted by molar-refractivity contribution is -0.137. The molecule has 2 aromatic rings. The van der Waals surface area contributed by atoms with Crippen LogP contribution in [0, 0.1) is 0 Å². The molecule has 0 spiro atoms. The number of nitrogens with zero attached hydrogens (tertiary/aromatic N) is 1. The Morgan fingerprint density at radius 1 is 1.35 bits per heavy atom. The Balaban J connectivity index is 1.86. The zero-order chi connectivity index (χ0) is 19.1. The second-order valence-corrected chi connectivity index (χ2v) is 12.9. The molecule has 0 aromatic carbocycles. The van der Waals surface area contributed by atoms with E-state index in [1.54, 1.807) is 0 Å². The first-order chi connectivity index (χ1) is 12.1. The van der Waals surface area contributed by atoms with E-state index in [1.165, 1.54) is 12.3 Å². The number of fused-ring (bicyclic) bond motifs is 1. The van der Waals surface area contributed by atoms with Crippen LogP contribution in [0.15, 0.2) is 12.3 Å². The summed E-state index contributed by atoms with van der Waals surface area (Å²) in [6, 6.07) is 3.58. The van der Waals surface area contributed by atoms with Crippen LogP contribution in [0.25, 0.3) is 10.9 Å². The SMILES string of the molecule is COc1ncc2[nH]c(C(=O)NC3CC[Si](C)(C)CC3)cc2c1C(F)(F)F. The van der Waals surface area contributed by atoms with Crippen molar-refractivity contribution < 1.29 is 22.7 Å². The summed E-state index contributed by atoms with van der Waals surface area (Å²) in [5.41, 5.74) is -0.721. The van der Waals surface area contributed by atoms with Crippen LogP contribution < -0.4 is 10.1 Å². The van der Waals surface area contributed by atoms with E-state index in [9.17, 15) is 18.0 Å². The van der Waals surface area contributed by atoms with Crippen LogP contribution in [0.2, 0.25) is 25.2 Å². The summed E-state index contributed by atoms with van der Waals surface area (Å²) in [6.45, 7) is 4.67. The van der Waals surface area contributed by atoms with Crippen molar-refractivity contribution in [2.75, 3.05) is 7.11 Å². The van der Waals surface area contributed by atoms with Crippen molar-refractivity contribution in [2.45, 2.75) is 50.2 Å². The van der Waals surface area contributed by atoms with Crippen LogP contribution in [0.5, 0.6) is 5.88 Å². The van der Waals surface area contributed by atoms with Crippen molar-refractivity contribution in [1.82, 2.24) is 15.3 Å². The Labute approximate surface area is 150 Å². The fourth-order valence-electron chi connectivity index (χ4n) is 3.44. The summed E-state index contributed by atoms with van der Waals surface area (Å²) in [7, 11) is 0.00218. The number of pyridine rings is 1. The normalized spacial score (nSPS) is 18.1. The first-order valence-electron chi connectivity index (χ1n) is 8.54. The first-order valence-corrected chi connectivity index (χ1v) is 12.0. The van der Waals surface area contributed by atoms with E-state index in [2.05, 4.69) is 28.4 Å². The molecule has 5 nitrogen and oxygen atoms in total. The van der Waals surface area contributed by atoms with Crippen molar-refractivity contribution in [3.05, 3.63) is 23.5 Å². The summed E-state index contributed by atoms with van der Waals surface area (Å²) < 4.78 is 44.9. The second kappa shape index (κ2) is 6.60. The Kier molecular flexibility index (Phi) is 4.76. The molecule has 0 aliphatic carbocycles. The minimum atomic E-state index is -4.63. The number of H-pyrrole nitrogens is 1. The highest BCUT2D eigenvalue weighted by molar-refractivity contribution is 6.77. The number of nitrogens with one attached hydrogen (secondary N) is 2. The molecule has 2 aromatic heterocycles. The lowest BCUT2D eigenvalue weighted by Crippen LogP contribution is -2.42. The Morgan fingerprint density at radius 3 is 2.58 bits per heavy atom. The van der Waals surface area contributed by atoms with Gasteiger partial charge in [0.2, 0.25) is 5.88 Å². The van der Waals surface area contributed by atoms with Gasteiger partial charge < -0.3 is 15.0 Å². The van der Waals surface area contributed by atoms with Gasteiger partial charge in [-0.15, -0.1) is 0 Å². The van der Waals surface area contributed by atoms with Crippen molar-refractivity contribution in [2.24, 2.45) is 0 Å². The monoisotopic (exact) mass is 385 g/mol. The molecule has 1 fully saturated rings. The zero-order valence-corrected chi connectivity index (χ0v) is 16.0. The number of aromatic nitrogens is 2. The van der Waals surface area contributed by atoms with Gasteiger partial charge in [0, 0.05) is 19.5 Å². The molecule has 26 heavy (non-hydrogen) atoms. The van der Waals surface area contributed by atoms with Crippen LogP contribution in [0.4, 0.5) is 13.2 Å². The van der Waals surface area contributed by atoms with Crippen LogP contribution >= 0.6 is 0 Å². The number of aromatic amines is 1. The van der Waals surface area contributed by atoms with E-state index < -0.39 is 25.7 Å². The van der Waals surface area contributed by atoms with Gasteiger partial charge in [0.15, 0.2) is 0 Å². The maximum absolute atomic E-state index is 13.4. The van der Waals surface area contributed by atoms with Gasteiger partial charge in [0.1, 0.15) is 11.3 Å². The molecular formula is C17H22F3N3O2Si. The summed E-state index contributed by atoms with van der Waals surface area (Å²) in [4.78, 5) is 18.9. The van der Waals surface area contributed by atoms with Gasteiger partial charge >= 0.3 is 6.18 Å². The molecule has 3 heterocycles. The van der Waals surface area contributed by atoms with Crippen molar-refractivity contribution in [1.29, 1.82) is 0 Å². The van der Waals surface area contributed by atoms with Crippen molar-refractivity contribution in [3.8, 4) is 5.88 Å². The largest absolute Gasteiger partial charge is 0.481 e. The molecule has 3 rings (SSSR count). The van der Waals surface area contributed by atoms with Gasteiger partial charge in [-0.25, -0.2) is 4.98 Å².